The Morgan fingerprint density at radius 1 is 1.40 bits per heavy atom. The normalized spacial score (nSPS) is 22.5. The van der Waals surface area contributed by atoms with Gasteiger partial charge in [0.25, 0.3) is 0 Å². The second kappa shape index (κ2) is 5.50. The molecule has 1 atom stereocenters. The summed E-state index contributed by atoms with van der Waals surface area (Å²) in [6.45, 7) is 8.35. The quantitative estimate of drug-likeness (QED) is 0.747. The molecule has 0 spiro atoms. The highest BCUT2D eigenvalue weighted by atomic mass is 16.2. The fraction of sp³-hybridized carbons (Fsp3) is 0.917. The van der Waals surface area contributed by atoms with Crippen LogP contribution >= 0.6 is 0 Å². The van der Waals surface area contributed by atoms with Crippen LogP contribution in [0.4, 0.5) is 0 Å². The van der Waals surface area contributed by atoms with E-state index in [0.717, 1.165) is 25.9 Å². The molecular formula is C12H24N2O. The predicted octanol–water partition coefficient (Wildman–Crippen LogP) is 1.68. The number of piperidine rings is 1. The zero-order valence-electron chi connectivity index (χ0n) is 10.2. The van der Waals surface area contributed by atoms with E-state index in [2.05, 4.69) is 31.4 Å². The summed E-state index contributed by atoms with van der Waals surface area (Å²) < 4.78 is 0. The van der Waals surface area contributed by atoms with E-state index < -0.39 is 0 Å². The Morgan fingerprint density at radius 3 is 2.67 bits per heavy atom. The average molecular weight is 212 g/mol. The van der Waals surface area contributed by atoms with Gasteiger partial charge in [-0.05, 0) is 31.2 Å². The lowest BCUT2D eigenvalue weighted by atomic mass is 9.92. The van der Waals surface area contributed by atoms with Crippen LogP contribution in [0.5, 0.6) is 0 Å². The number of hydrogen-bond acceptors (Lipinski definition) is 2. The van der Waals surface area contributed by atoms with Gasteiger partial charge in [0, 0.05) is 6.54 Å². The first-order chi connectivity index (χ1) is 6.99. The van der Waals surface area contributed by atoms with Gasteiger partial charge in [0.1, 0.15) is 0 Å². The highest BCUT2D eigenvalue weighted by Crippen LogP contribution is 2.17. The molecule has 0 aromatic heterocycles. The molecule has 0 aliphatic carbocycles. The minimum atomic E-state index is 0.0544. The van der Waals surface area contributed by atoms with Crippen molar-refractivity contribution in [2.24, 2.45) is 5.41 Å². The summed E-state index contributed by atoms with van der Waals surface area (Å²) in [5, 5.41) is 6.26. The number of amides is 1. The highest BCUT2D eigenvalue weighted by molar-refractivity contribution is 5.81. The Labute approximate surface area is 93.0 Å². The minimum Gasteiger partial charge on any atom is -0.355 e. The van der Waals surface area contributed by atoms with Gasteiger partial charge in [0.05, 0.1) is 6.04 Å². The van der Waals surface area contributed by atoms with Crippen molar-refractivity contribution < 1.29 is 4.79 Å². The number of nitrogens with one attached hydrogen (secondary N) is 2. The molecule has 1 aliphatic heterocycles. The first-order valence-corrected chi connectivity index (χ1v) is 6.00. The van der Waals surface area contributed by atoms with Crippen LogP contribution in [0, 0.1) is 5.41 Å². The molecule has 15 heavy (non-hydrogen) atoms. The van der Waals surface area contributed by atoms with E-state index in [0.29, 0.717) is 5.41 Å². The Hall–Kier alpha value is -0.570. The topological polar surface area (TPSA) is 41.1 Å². The second-order valence-corrected chi connectivity index (χ2v) is 5.60. The lowest BCUT2D eigenvalue weighted by Crippen LogP contribution is -2.47. The molecule has 88 valence electrons. The summed E-state index contributed by atoms with van der Waals surface area (Å²) in [5.41, 5.74) is 0.299. The molecule has 3 nitrogen and oxygen atoms in total. The van der Waals surface area contributed by atoms with E-state index in [1.807, 2.05) is 0 Å². The second-order valence-electron chi connectivity index (χ2n) is 5.60. The van der Waals surface area contributed by atoms with E-state index in [4.69, 9.17) is 0 Å². The number of carbonyl (C=O) groups excluding carboxylic acids is 1. The van der Waals surface area contributed by atoms with Gasteiger partial charge in [-0.15, -0.1) is 0 Å². The van der Waals surface area contributed by atoms with Crippen molar-refractivity contribution >= 4 is 5.91 Å². The largest absolute Gasteiger partial charge is 0.355 e. The van der Waals surface area contributed by atoms with E-state index in [1.54, 1.807) is 0 Å². The predicted molar refractivity (Wildman–Crippen MR) is 62.7 cm³/mol. The zero-order valence-corrected chi connectivity index (χ0v) is 10.2. The summed E-state index contributed by atoms with van der Waals surface area (Å²) in [6.07, 6.45) is 4.39. The maximum Gasteiger partial charge on any atom is 0.237 e. The third kappa shape index (κ3) is 5.17. The van der Waals surface area contributed by atoms with Crippen molar-refractivity contribution in [1.29, 1.82) is 0 Å². The van der Waals surface area contributed by atoms with Gasteiger partial charge >= 0.3 is 0 Å². The molecule has 0 radical (unpaired) electrons. The van der Waals surface area contributed by atoms with Gasteiger partial charge in [0.15, 0.2) is 0 Å². The summed E-state index contributed by atoms with van der Waals surface area (Å²) in [7, 11) is 0. The SMILES string of the molecule is CC(C)(C)CCNC(=O)C1CCCCN1. The third-order valence-electron chi connectivity index (χ3n) is 2.80. The maximum absolute atomic E-state index is 11.7. The van der Waals surface area contributed by atoms with Crippen LogP contribution in [0.3, 0.4) is 0 Å². The summed E-state index contributed by atoms with van der Waals surface area (Å²) in [6, 6.07) is 0.0544. The molecule has 0 bridgehead atoms. The van der Waals surface area contributed by atoms with Gasteiger partial charge in [-0.2, -0.15) is 0 Å². The molecule has 1 saturated heterocycles. The molecule has 3 heteroatoms. The Bertz CT molecular complexity index is 202. The van der Waals surface area contributed by atoms with Crippen molar-refractivity contribution in [3.8, 4) is 0 Å². The number of hydrogen-bond donors (Lipinski definition) is 2. The zero-order chi connectivity index (χ0) is 11.3. The standard InChI is InChI=1S/C12H24N2O/c1-12(2,3)7-9-14-11(15)10-6-4-5-8-13-10/h10,13H,4-9H2,1-3H3,(H,14,15). The molecule has 0 aromatic carbocycles. The van der Waals surface area contributed by atoms with Crippen LogP contribution in [0.25, 0.3) is 0 Å². The van der Waals surface area contributed by atoms with Crippen LogP contribution in [0.1, 0.15) is 46.5 Å². The van der Waals surface area contributed by atoms with Gasteiger partial charge in [-0.25, -0.2) is 0 Å². The summed E-state index contributed by atoms with van der Waals surface area (Å²) >= 11 is 0. The smallest absolute Gasteiger partial charge is 0.237 e. The van der Waals surface area contributed by atoms with Crippen molar-refractivity contribution in [3.05, 3.63) is 0 Å². The lowest BCUT2D eigenvalue weighted by molar-refractivity contribution is -0.123. The molecule has 1 rings (SSSR count). The van der Waals surface area contributed by atoms with E-state index in [9.17, 15) is 4.79 Å². The van der Waals surface area contributed by atoms with Crippen LogP contribution in [0.2, 0.25) is 0 Å². The Morgan fingerprint density at radius 2 is 2.13 bits per heavy atom. The van der Waals surface area contributed by atoms with Gasteiger partial charge in [0.2, 0.25) is 5.91 Å². The molecule has 2 N–H and O–H groups in total. The van der Waals surface area contributed by atoms with Crippen LogP contribution in [-0.2, 0) is 4.79 Å². The number of carbonyl (C=O) groups is 1. The summed E-state index contributed by atoms with van der Waals surface area (Å²) in [4.78, 5) is 11.7. The molecule has 1 amide bonds. The van der Waals surface area contributed by atoms with Crippen LogP contribution in [-0.4, -0.2) is 25.0 Å². The van der Waals surface area contributed by atoms with Crippen LogP contribution < -0.4 is 10.6 Å². The fourth-order valence-electron chi connectivity index (χ4n) is 1.76. The van der Waals surface area contributed by atoms with Gasteiger partial charge in [-0.3, -0.25) is 4.79 Å². The molecule has 1 unspecified atom stereocenters. The van der Waals surface area contributed by atoms with E-state index in [1.165, 1.54) is 12.8 Å². The van der Waals surface area contributed by atoms with Crippen LogP contribution in [0.15, 0.2) is 0 Å². The fourth-order valence-corrected chi connectivity index (χ4v) is 1.76. The molecule has 1 heterocycles. The van der Waals surface area contributed by atoms with Crippen molar-refractivity contribution in [2.45, 2.75) is 52.5 Å². The third-order valence-corrected chi connectivity index (χ3v) is 2.80. The van der Waals surface area contributed by atoms with Gasteiger partial charge < -0.3 is 10.6 Å². The first kappa shape index (κ1) is 12.5. The van der Waals surface area contributed by atoms with Crippen molar-refractivity contribution in [1.82, 2.24) is 10.6 Å². The van der Waals surface area contributed by atoms with E-state index >= 15 is 0 Å². The highest BCUT2D eigenvalue weighted by Gasteiger charge is 2.20. The minimum absolute atomic E-state index is 0.0544. The number of rotatable bonds is 3. The monoisotopic (exact) mass is 212 g/mol. The van der Waals surface area contributed by atoms with Crippen molar-refractivity contribution in [2.75, 3.05) is 13.1 Å². The molecular weight excluding hydrogens is 188 g/mol. The average Bonchev–Trinajstić information content (AvgIpc) is 2.17. The molecule has 0 saturated carbocycles. The first-order valence-electron chi connectivity index (χ1n) is 6.00. The Balaban J connectivity index is 2.17. The van der Waals surface area contributed by atoms with Crippen molar-refractivity contribution in [3.63, 3.8) is 0 Å². The molecule has 1 aliphatic rings. The van der Waals surface area contributed by atoms with Gasteiger partial charge in [-0.1, -0.05) is 27.2 Å². The lowest BCUT2D eigenvalue weighted by Gasteiger charge is -2.24. The molecule has 1 fully saturated rings. The summed E-state index contributed by atoms with van der Waals surface area (Å²) in [5.74, 6) is 0.180. The maximum atomic E-state index is 11.7. The van der Waals surface area contributed by atoms with E-state index in [-0.39, 0.29) is 11.9 Å². The Kier molecular flexibility index (Phi) is 4.58. The molecule has 0 aromatic rings.